The van der Waals surface area contributed by atoms with Gasteiger partial charge in [0.25, 0.3) is 0 Å². The highest BCUT2D eigenvalue weighted by molar-refractivity contribution is 5.31. The molecule has 1 fully saturated rings. The summed E-state index contributed by atoms with van der Waals surface area (Å²) >= 11 is 0. The Morgan fingerprint density at radius 2 is 2.29 bits per heavy atom. The lowest BCUT2D eigenvalue weighted by atomic mass is 9.96. The minimum atomic E-state index is 0.505. The van der Waals surface area contributed by atoms with E-state index in [1.807, 2.05) is 6.07 Å². The molecule has 2 rings (SSSR count). The summed E-state index contributed by atoms with van der Waals surface area (Å²) in [5.41, 5.74) is 1.34. The molecule has 1 heterocycles. The Bertz CT molecular complexity index is 311. The second kappa shape index (κ2) is 4.01. The summed E-state index contributed by atoms with van der Waals surface area (Å²) < 4.78 is 5.22. The topological polar surface area (TPSA) is 21.3 Å². The molecule has 0 aliphatic carbocycles. The van der Waals surface area contributed by atoms with Crippen LogP contribution in [0.3, 0.4) is 0 Å². The molecule has 1 aromatic rings. The van der Waals surface area contributed by atoms with Gasteiger partial charge in [-0.2, -0.15) is 0 Å². The number of methoxy groups -OCH3 is 1. The smallest absolute Gasteiger partial charge is 0.119 e. The molecule has 2 heteroatoms. The molecule has 0 unspecified atom stereocenters. The zero-order valence-electron chi connectivity index (χ0n) is 8.79. The summed E-state index contributed by atoms with van der Waals surface area (Å²) in [4.78, 5) is 0. The second-order valence-corrected chi connectivity index (χ2v) is 3.97. The van der Waals surface area contributed by atoms with Crippen LogP contribution in [0.5, 0.6) is 5.75 Å². The van der Waals surface area contributed by atoms with E-state index >= 15 is 0 Å². The monoisotopic (exact) mass is 191 g/mol. The third-order valence-electron chi connectivity index (χ3n) is 2.99. The maximum absolute atomic E-state index is 5.22. The van der Waals surface area contributed by atoms with Gasteiger partial charge in [0.2, 0.25) is 0 Å². The predicted octanol–water partition coefficient (Wildman–Crippen LogP) is 2.37. The number of hydrogen-bond donors (Lipinski definition) is 1. The van der Waals surface area contributed by atoms with Crippen LogP contribution in [0.4, 0.5) is 0 Å². The fraction of sp³-hybridized carbons (Fsp3) is 0.500. The number of benzene rings is 1. The summed E-state index contributed by atoms with van der Waals surface area (Å²) in [5, 5.41) is 3.52. The Hall–Kier alpha value is -1.02. The van der Waals surface area contributed by atoms with Crippen molar-refractivity contribution in [2.24, 2.45) is 5.92 Å². The van der Waals surface area contributed by atoms with E-state index in [1.54, 1.807) is 7.11 Å². The Balaban J connectivity index is 2.22. The molecular formula is C12H17NO. The largest absolute Gasteiger partial charge is 0.497 e. The van der Waals surface area contributed by atoms with Crippen molar-refractivity contribution < 1.29 is 4.74 Å². The van der Waals surface area contributed by atoms with Crippen molar-refractivity contribution in [3.63, 3.8) is 0 Å². The lowest BCUT2D eigenvalue weighted by Crippen LogP contribution is -2.16. The Kier molecular flexibility index (Phi) is 2.73. The maximum atomic E-state index is 5.22. The van der Waals surface area contributed by atoms with Gasteiger partial charge in [0.05, 0.1) is 7.11 Å². The van der Waals surface area contributed by atoms with Crippen LogP contribution in [-0.4, -0.2) is 13.7 Å². The van der Waals surface area contributed by atoms with E-state index in [-0.39, 0.29) is 0 Å². The predicted molar refractivity (Wildman–Crippen MR) is 57.5 cm³/mol. The molecule has 76 valence electrons. The lowest BCUT2D eigenvalue weighted by Gasteiger charge is -2.16. The number of ether oxygens (including phenoxy) is 1. The van der Waals surface area contributed by atoms with Gasteiger partial charge in [0.1, 0.15) is 5.75 Å². The van der Waals surface area contributed by atoms with E-state index in [4.69, 9.17) is 4.74 Å². The van der Waals surface area contributed by atoms with Crippen LogP contribution in [0.1, 0.15) is 24.9 Å². The highest BCUT2D eigenvalue weighted by atomic mass is 16.5. The van der Waals surface area contributed by atoms with Gasteiger partial charge in [-0.25, -0.2) is 0 Å². The van der Waals surface area contributed by atoms with Crippen molar-refractivity contribution in [2.75, 3.05) is 13.7 Å². The summed E-state index contributed by atoms with van der Waals surface area (Å²) in [7, 11) is 1.71. The summed E-state index contributed by atoms with van der Waals surface area (Å²) in [6, 6.07) is 8.84. The standard InChI is InChI=1S/C12H17NO/c1-9-6-7-13-12(9)10-4-3-5-11(8-10)14-2/h3-5,8-9,12-13H,6-7H2,1-2H3/t9-,12-/m1/s1. The van der Waals surface area contributed by atoms with Crippen LogP contribution in [0, 0.1) is 5.92 Å². The zero-order chi connectivity index (χ0) is 9.97. The molecule has 0 spiro atoms. The normalized spacial score (nSPS) is 26.4. The first-order valence-corrected chi connectivity index (χ1v) is 5.18. The minimum Gasteiger partial charge on any atom is -0.497 e. The van der Waals surface area contributed by atoms with Crippen molar-refractivity contribution in [2.45, 2.75) is 19.4 Å². The second-order valence-electron chi connectivity index (χ2n) is 3.97. The number of rotatable bonds is 2. The Morgan fingerprint density at radius 1 is 1.43 bits per heavy atom. The molecule has 0 amide bonds. The van der Waals surface area contributed by atoms with Gasteiger partial charge >= 0.3 is 0 Å². The number of nitrogens with one attached hydrogen (secondary N) is 1. The fourth-order valence-electron chi connectivity index (χ4n) is 2.12. The molecule has 1 N–H and O–H groups in total. The first kappa shape index (κ1) is 9.53. The van der Waals surface area contributed by atoms with E-state index in [0.717, 1.165) is 18.2 Å². The third kappa shape index (κ3) is 1.75. The molecule has 1 aliphatic heterocycles. The summed E-state index contributed by atoms with van der Waals surface area (Å²) in [6.07, 6.45) is 1.27. The van der Waals surface area contributed by atoms with Gasteiger partial charge < -0.3 is 10.1 Å². The molecule has 14 heavy (non-hydrogen) atoms. The van der Waals surface area contributed by atoms with Crippen LogP contribution in [0.15, 0.2) is 24.3 Å². The molecule has 0 bridgehead atoms. The van der Waals surface area contributed by atoms with Gasteiger partial charge in [-0.15, -0.1) is 0 Å². The van der Waals surface area contributed by atoms with Crippen molar-refractivity contribution >= 4 is 0 Å². The van der Waals surface area contributed by atoms with Gasteiger partial charge in [-0.05, 0) is 36.6 Å². The average molecular weight is 191 g/mol. The van der Waals surface area contributed by atoms with Crippen molar-refractivity contribution in [1.29, 1.82) is 0 Å². The summed E-state index contributed by atoms with van der Waals surface area (Å²) in [5.74, 6) is 1.67. The first-order valence-electron chi connectivity index (χ1n) is 5.18. The molecule has 0 radical (unpaired) electrons. The van der Waals surface area contributed by atoms with Crippen LogP contribution >= 0.6 is 0 Å². The number of hydrogen-bond acceptors (Lipinski definition) is 2. The van der Waals surface area contributed by atoms with Gasteiger partial charge in [0.15, 0.2) is 0 Å². The third-order valence-corrected chi connectivity index (χ3v) is 2.99. The van der Waals surface area contributed by atoms with Crippen LogP contribution in [0.2, 0.25) is 0 Å². The molecule has 1 aromatic carbocycles. The van der Waals surface area contributed by atoms with E-state index in [9.17, 15) is 0 Å². The first-order chi connectivity index (χ1) is 6.81. The molecule has 0 saturated carbocycles. The highest BCUT2D eigenvalue weighted by Crippen LogP contribution is 2.30. The molecular weight excluding hydrogens is 174 g/mol. The van der Waals surface area contributed by atoms with Gasteiger partial charge in [-0.3, -0.25) is 0 Å². The van der Waals surface area contributed by atoms with Gasteiger partial charge in [-0.1, -0.05) is 19.1 Å². The highest BCUT2D eigenvalue weighted by Gasteiger charge is 2.24. The van der Waals surface area contributed by atoms with Gasteiger partial charge in [0, 0.05) is 6.04 Å². The maximum Gasteiger partial charge on any atom is 0.119 e. The average Bonchev–Trinajstić information content (AvgIpc) is 2.65. The molecule has 0 aromatic heterocycles. The van der Waals surface area contributed by atoms with E-state index in [2.05, 4.69) is 30.4 Å². The lowest BCUT2D eigenvalue weighted by molar-refractivity contribution is 0.412. The van der Waals surface area contributed by atoms with E-state index in [0.29, 0.717) is 6.04 Å². The fourth-order valence-corrected chi connectivity index (χ4v) is 2.12. The quantitative estimate of drug-likeness (QED) is 0.775. The van der Waals surface area contributed by atoms with Crippen LogP contribution in [-0.2, 0) is 0 Å². The molecule has 1 saturated heterocycles. The van der Waals surface area contributed by atoms with E-state index in [1.165, 1.54) is 12.0 Å². The Morgan fingerprint density at radius 3 is 2.93 bits per heavy atom. The minimum absolute atomic E-state index is 0.505. The molecule has 1 aliphatic rings. The summed E-state index contributed by atoms with van der Waals surface area (Å²) in [6.45, 7) is 3.42. The molecule has 2 atom stereocenters. The van der Waals surface area contributed by atoms with Crippen molar-refractivity contribution in [3.8, 4) is 5.75 Å². The molecule has 2 nitrogen and oxygen atoms in total. The Labute approximate surface area is 85.3 Å². The van der Waals surface area contributed by atoms with Crippen molar-refractivity contribution in [1.82, 2.24) is 5.32 Å². The van der Waals surface area contributed by atoms with Crippen molar-refractivity contribution in [3.05, 3.63) is 29.8 Å². The SMILES string of the molecule is COc1cccc([C@@H]2NCC[C@H]2C)c1. The van der Waals surface area contributed by atoms with E-state index < -0.39 is 0 Å². The van der Waals surface area contributed by atoms with Crippen LogP contribution in [0.25, 0.3) is 0 Å². The van der Waals surface area contributed by atoms with Crippen LogP contribution < -0.4 is 10.1 Å². The zero-order valence-corrected chi connectivity index (χ0v) is 8.79.